The Hall–Kier alpha value is -2.39. The molecule has 0 bridgehead atoms. The van der Waals surface area contributed by atoms with Crippen LogP contribution in [0.5, 0.6) is 0 Å². The first-order valence-corrected chi connectivity index (χ1v) is 11.1. The molecule has 0 saturated heterocycles. The predicted molar refractivity (Wildman–Crippen MR) is 108 cm³/mol. The van der Waals surface area contributed by atoms with Crippen LogP contribution >= 0.6 is 0 Å². The number of carbonyl (C=O) groups is 1. The Balaban J connectivity index is 1.76. The topological polar surface area (TPSA) is 75.3 Å². The minimum atomic E-state index is -3.63. The van der Waals surface area contributed by atoms with E-state index in [-0.39, 0.29) is 12.0 Å². The summed E-state index contributed by atoms with van der Waals surface area (Å²) in [6.45, 7) is 3.05. The van der Waals surface area contributed by atoms with Crippen LogP contribution < -0.4 is 10.0 Å². The molecule has 162 valence electrons. The molecular formula is C21H23F3N2O3S. The van der Waals surface area contributed by atoms with Gasteiger partial charge < -0.3 is 5.32 Å². The van der Waals surface area contributed by atoms with E-state index in [9.17, 15) is 22.0 Å². The summed E-state index contributed by atoms with van der Waals surface area (Å²) in [4.78, 5) is 12.2. The first-order valence-electron chi connectivity index (χ1n) is 9.59. The largest absolute Gasteiger partial charge is 0.322 e. The van der Waals surface area contributed by atoms with Crippen molar-refractivity contribution in [1.82, 2.24) is 4.72 Å². The highest BCUT2D eigenvalue weighted by atomic mass is 32.2. The zero-order chi connectivity index (χ0) is 22.1. The van der Waals surface area contributed by atoms with Crippen LogP contribution in [0.1, 0.15) is 49.0 Å². The Morgan fingerprint density at radius 1 is 1.10 bits per heavy atom. The van der Waals surface area contributed by atoms with Gasteiger partial charge in [0.1, 0.15) is 11.6 Å². The van der Waals surface area contributed by atoms with Gasteiger partial charge in [0.05, 0.1) is 11.3 Å². The van der Waals surface area contributed by atoms with Crippen molar-refractivity contribution >= 4 is 21.6 Å². The molecule has 0 spiro atoms. The lowest BCUT2D eigenvalue weighted by atomic mass is 9.91. The summed E-state index contributed by atoms with van der Waals surface area (Å²) in [5.41, 5.74) is -1.44. The van der Waals surface area contributed by atoms with Crippen LogP contribution in [0.3, 0.4) is 0 Å². The molecule has 9 heteroatoms. The average molecular weight is 440 g/mol. The first-order chi connectivity index (χ1) is 14.0. The SMILES string of the molecule is CC(C)S(=O)(=O)N[C@H]1CCC[C@@]1(F)c1ccc(NC(=O)c2cc(F)cc(F)c2)cc1. The van der Waals surface area contributed by atoms with Gasteiger partial charge >= 0.3 is 0 Å². The standard InChI is InChI=1S/C21H23F3N2O3S/c1-13(2)30(28,29)26-19-4-3-9-21(19,24)15-5-7-18(8-6-15)25-20(27)14-10-16(22)12-17(23)11-14/h5-8,10-13,19,26H,3-4,9H2,1-2H3,(H,25,27)/t19-,21+/m0/s1. The van der Waals surface area contributed by atoms with Crippen molar-refractivity contribution in [2.45, 2.75) is 50.1 Å². The summed E-state index contributed by atoms with van der Waals surface area (Å²) < 4.78 is 69.2. The fourth-order valence-electron chi connectivity index (χ4n) is 3.52. The lowest BCUT2D eigenvalue weighted by Gasteiger charge is -2.29. The Bertz CT molecular complexity index is 1020. The molecule has 0 radical (unpaired) electrons. The zero-order valence-corrected chi connectivity index (χ0v) is 17.4. The second kappa shape index (κ2) is 8.39. The van der Waals surface area contributed by atoms with Gasteiger partial charge in [0.15, 0.2) is 5.67 Å². The van der Waals surface area contributed by atoms with E-state index in [4.69, 9.17) is 0 Å². The highest BCUT2D eigenvalue weighted by Crippen LogP contribution is 2.43. The minimum absolute atomic E-state index is 0.173. The van der Waals surface area contributed by atoms with E-state index in [0.717, 1.165) is 12.1 Å². The Morgan fingerprint density at radius 2 is 1.70 bits per heavy atom. The fourth-order valence-corrected chi connectivity index (χ4v) is 4.49. The Kier molecular flexibility index (Phi) is 6.24. The number of sulfonamides is 1. The van der Waals surface area contributed by atoms with E-state index in [1.807, 2.05) is 0 Å². The van der Waals surface area contributed by atoms with Crippen LogP contribution in [-0.2, 0) is 15.7 Å². The van der Waals surface area contributed by atoms with Gasteiger partial charge in [-0.2, -0.15) is 0 Å². The number of benzene rings is 2. The zero-order valence-electron chi connectivity index (χ0n) is 16.6. The number of halogens is 3. The van der Waals surface area contributed by atoms with Crippen molar-refractivity contribution in [3.05, 3.63) is 65.2 Å². The summed E-state index contributed by atoms with van der Waals surface area (Å²) in [6.07, 6.45) is 1.09. The third-order valence-electron chi connectivity index (χ3n) is 5.26. The van der Waals surface area contributed by atoms with E-state index in [0.29, 0.717) is 30.2 Å². The third-order valence-corrected chi connectivity index (χ3v) is 7.11. The summed E-state index contributed by atoms with van der Waals surface area (Å²) in [5, 5.41) is 1.83. The summed E-state index contributed by atoms with van der Waals surface area (Å²) in [6, 6.07) is 7.50. The molecule has 1 amide bonds. The highest BCUT2D eigenvalue weighted by Gasteiger charge is 2.46. The maximum Gasteiger partial charge on any atom is 0.255 e. The van der Waals surface area contributed by atoms with Gasteiger partial charge in [-0.25, -0.2) is 26.3 Å². The van der Waals surface area contributed by atoms with Crippen molar-refractivity contribution in [1.29, 1.82) is 0 Å². The summed E-state index contributed by atoms with van der Waals surface area (Å²) >= 11 is 0. The highest BCUT2D eigenvalue weighted by molar-refractivity contribution is 7.90. The van der Waals surface area contributed by atoms with Crippen LogP contribution in [0.25, 0.3) is 0 Å². The second-order valence-corrected chi connectivity index (χ2v) is 9.98. The number of carbonyl (C=O) groups excluding carboxylic acids is 1. The van der Waals surface area contributed by atoms with Gasteiger partial charge in [-0.15, -0.1) is 0 Å². The van der Waals surface area contributed by atoms with Crippen LogP contribution in [0.15, 0.2) is 42.5 Å². The summed E-state index contributed by atoms with van der Waals surface area (Å²) in [7, 11) is -3.63. The van der Waals surface area contributed by atoms with E-state index in [1.54, 1.807) is 0 Å². The average Bonchev–Trinajstić information content (AvgIpc) is 3.02. The normalized spacial score (nSPS) is 21.7. The molecule has 1 fully saturated rings. The van der Waals surface area contributed by atoms with Gasteiger partial charge in [-0.3, -0.25) is 4.79 Å². The molecule has 0 aromatic heterocycles. The van der Waals surface area contributed by atoms with E-state index >= 15 is 4.39 Å². The molecule has 0 unspecified atom stereocenters. The molecule has 2 N–H and O–H groups in total. The van der Waals surface area contributed by atoms with Crippen molar-refractivity contribution in [2.75, 3.05) is 5.32 Å². The Morgan fingerprint density at radius 3 is 2.27 bits per heavy atom. The fraction of sp³-hybridized carbons (Fsp3) is 0.381. The lowest BCUT2D eigenvalue weighted by Crippen LogP contribution is -2.46. The number of amides is 1. The predicted octanol–water partition coefficient (Wildman–Crippen LogP) is 4.26. The van der Waals surface area contributed by atoms with Gasteiger partial charge in [0.25, 0.3) is 5.91 Å². The molecule has 2 aromatic rings. The maximum atomic E-state index is 15.8. The molecule has 2 atom stereocenters. The number of alkyl halides is 1. The molecule has 1 saturated carbocycles. The number of rotatable bonds is 6. The number of hydrogen-bond donors (Lipinski definition) is 2. The lowest BCUT2D eigenvalue weighted by molar-refractivity contribution is 0.102. The van der Waals surface area contributed by atoms with Crippen LogP contribution in [-0.4, -0.2) is 25.6 Å². The molecule has 0 aliphatic heterocycles. The van der Waals surface area contributed by atoms with Crippen molar-refractivity contribution < 1.29 is 26.4 Å². The number of anilines is 1. The first kappa shape index (κ1) is 22.3. The minimum Gasteiger partial charge on any atom is -0.322 e. The molecule has 1 aliphatic rings. The molecule has 5 nitrogen and oxygen atoms in total. The van der Waals surface area contributed by atoms with Gasteiger partial charge in [0, 0.05) is 17.3 Å². The molecule has 3 rings (SSSR count). The van der Waals surface area contributed by atoms with Gasteiger partial charge in [-0.1, -0.05) is 12.1 Å². The molecule has 30 heavy (non-hydrogen) atoms. The van der Waals surface area contributed by atoms with Crippen LogP contribution in [0.2, 0.25) is 0 Å². The van der Waals surface area contributed by atoms with Crippen LogP contribution in [0, 0.1) is 11.6 Å². The van der Waals surface area contributed by atoms with Crippen molar-refractivity contribution in [3.63, 3.8) is 0 Å². The Labute approximate surface area is 173 Å². The third kappa shape index (κ3) is 4.67. The number of hydrogen-bond acceptors (Lipinski definition) is 3. The van der Waals surface area contributed by atoms with Gasteiger partial charge in [0.2, 0.25) is 10.0 Å². The monoisotopic (exact) mass is 440 g/mol. The molecule has 0 heterocycles. The summed E-state index contributed by atoms with van der Waals surface area (Å²) in [5.74, 6) is -2.45. The second-order valence-electron chi connectivity index (χ2n) is 7.71. The molecule has 2 aromatic carbocycles. The van der Waals surface area contributed by atoms with Crippen molar-refractivity contribution in [3.8, 4) is 0 Å². The smallest absolute Gasteiger partial charge is 0.255 e. The maximum absolute atomic E-state index is 15.8. The molecule has 1 aliphatic carbocycles. The quantitative estimate of drug-likeness (QED) is 0.705. The molecular weight excluding hydrogens is 417 g/mol. The van der Waals surface area contributed by atoms with E-state index < -0.39 is 44.5 Å². The van der Waals surface area contributed by atoms with Crippen molar-refractivity contribution in [2.24, 2.45) is 0 Å². The van der Waals surface area contributed by atoms with Gasteiger partial charge in [-0.05, 0) is 62.9 Å². The van der Waals surface area contributed by atoms with Crippen LogP contribution in [0.4, 0.5) is 18.9 Å². The van der Waals surface area contributed by atoms with E-state index in [2.05, 4.69) is 10.0 Å². The van der Waals surface area contributed by atoms with E-state index in [1.165, 1.54) is 38.1 Å². The number of nitrogens with one attached hydrogen (secondary N) is 2.